The van der Waals surface area contributed by atoms with Gasteiger partial charge in [0.05, 0.1) is 26.7 Å². The van der Waals surface area contributed by atoms with Crippen LogP contribution in [0, 0.1) is 0 Å². The summed E-state index contributed by atoms with van der Waals surface area (Å²) >= 11 is 0. The van der Waals surface area contributed by atoms with Crippen molar-refractivity contribution in [2.24, 2.45) is 0 Å². The van der Waals surface area contributed by atoms with Gasteiger partial charge in [-0.05, 0) is 44.9 Å². The monoisotopic (exact) mass is 581 g/mol. The first-order valence-electron chi connectivity index (χ1n) is 19.6. The molecule has 0 aromatic rings. The molecule has 0 fully saturated rings. The third-order valence-corrected chi connectivity index (χ3v) is 9.71. The van der Waals surface area contributed by atoms with Crippen LogP contribution in [-0.4, -0.2) is 42.9 Å². The van der Waals surface area contributed by atoms with Gasteiger partial charge in [-0.2, -0.15) is 0 Å². The van der Waals surface area contributed by atoms with Crippen LogP contribution >= 0.6 is 0 Å². The van der Waals surface area contributed by atoms with Crippen molar-refractivity contribution in [3.8, 4) is 0 Å². The number of quaternary nitrogens is 1. The fourth-order valence-electron chi connectivity index (χ4n) is 6.67. The molecular formula is C39H82NO+. The summed E-state index contributed by atoms with van der Waals surface area (Å²) in [6.45, 7) is 9.10. The Morgan fingerprint density at radius 1 is 0.293 bits per heavy atom. The maximum Gasteiger partial charge on any atom is 0.0784 e. The number of aliphatic hydroxyl groups excluding tert-OH is 1. The van der Waals surface area contributed by atoms with Gasteiger partial charge in [0.2, 0.25) is 0 Å². The zero-order valence-corrected chi connectivity index (χ0v) is 29.4. The van der Waals surface area contributed by atoms with E-state index in [-0.39, 0.29) is 0 Å². The summed E-state index contributed by atoms with van der Waals surface area (Å²) in [6.07, 6.45) is 45.4. The summed E-state index contributed by atoms with van der Waals surface area (Å²) in [5, 5.41) is 9.11. The zero-order chi connectivity index (χ0) is 30.0. The van der Waals surface area contributed by atoms with Crippen molar-refractivity contribution >= 4 is 0 Å². The average Bonchev–Trinajstić information content (AvgIpc) is 2.97. The smallest absolute Gasteiger partial charge is 0.0784 e. The van der Waals surface area contributed by atoms with E-state index in [1.165, 1.54) is 223 Å². The Balaban J connectivity index is 3.85. The molecule has 2 nitrogen and oxygen atoms in total. The highest BCUT2D eigenvalue weighted by molar-refractivity contribution is 4.53. The summed E-state index contributed by atoms with van der Waals surface area (Å²) in [7, 11) is 2.55. The van der Waals surface area contributed by atoms with E-state index in [2.05, 4.69) is 20.9 Å². The highest BCUT2D eigenvalue weighted by Gasteiger charge is 2.20. The third-order valence-electron chi connectivity index (χ3n) is 9.71. The lowest BCUT2D eigenvalue weighted by atomic mass is 10.0. The Hall–Kier alpha value is -0.0800. The van der Waals surface area contributed by atoms with Crippen LogP contribution in [0.5, 0.6) is 0 Å². The van der Waals surface area contributed by atoms with E-state index in [9.17, 15) is 0 Å². The molecule has 0 bridgehead atoms. The maximum absolute atomic E-state index is 9.11. The topological polar surface area (TPSA) is 20.2 Å². The second-order valence-corrected chi connectivity index (χ2v) is 14.1. The second-order valence-electron chi connectivity index (χ2n) is 14.1. The van der Waals surface area contributed by atoms with E-state index in [0.29, 0.717) is 6.61 Å². The quantitative estimate of drug-likeness (QED) is 0.0577. The molecule has 1 N–H and O–H groups in total. The lowest BCUT2D eigenvalue weighted by Crippen LogP contribution is -2.46. The van der Waals surface area contributed by atoms with Gasteiger partial charge < -0.3 is 9.59 Å². The molecule has 0 aliphatic heterocycles. The van der Waals surface area contributed by atoms with E-state index >= 15 is 0 Å². The van der Waals surface area contributed by atoms with Crippen molar-refractivity contribution in [3.05, 3.63) is 0 Å². The van der Waals surface area contributed by atoms with Crippen LogP contribution in [0.3, 0.4) is 0 Å². The summed E-state index contributed by atoms with van der Waals surface area (Å²) in [5.41, 5.74) is 0. The van der Waals surface area contributed by atoms with Gasteiger partial charge in [-0.3, -0.25) is 0 Å². The Labute approximate surface area is 261 Å². The molecule has 0 spiro atoms. The molecule has 0 saturated heterocycles. The molecular weight excluding hydrogens is 498 g/mol. The number of nitrogens with zero attached hydrogens (tertiary/aromatic N) is 1. The predicted octanol–water partition coefficient (Wildman–Crippen LogP) is 12.9. The first-order chi connectivity index (χ1) is 20.2. The molecule has 0 aromatic carbocycles. The first-order valence-corrected chi connectivity index (χ1v) is 19.6. The van der Waals surface area contributed by atoms with Crippen molar-refractivity contribution in [2.45, 2.75) is 219 Å². The van der Waals surface area contributed by atoms with Gasteiger partial charge in [-0.1, -0.05) is 174 Å². The van der Waals surface area contributed by atoms with Crippen LogP contribution in [0.2, 0.25) is 0 Å². The van der Waals surface area contributed by atoms with E-state index in [1.807, 2.05) is 0 Å². The van der Waals surface area contributed by atoms with Crippen LogP contribution in [0.1, 0.15) is 219 Å². The largest absolute Gasteiger partial charge is 0.396 e. The zero-order valence-electron chi connectivity index (χ0n) is 29.4. The fraction of sp³-hybridized carbons (Fsp3) is 1.00. The number of hydrogen-bond donors (Lipinski definition) is 1. The van der Waals surface area contributed by atoms with Gasteiger partial charge in [0.25, 0.3) is 0 Å². The molecule has 0 aliphatic rings. The summed E-state index contributed by atoms with van der Waals surface area (Å²) in [6, 6.07) is 0. The first kappa shape index (κ1) is 40.9. The van der Waals surface area contributed by atoms with Crippen molar-refractivity contribution < 1.29 is 9.59 Å². The highest BCUT2D eigenvalue weighted by Crippen LogP contribution is 2.18. The van der Waals surface area contributed by atoms with Crippen LogP contribution < -0.4 is 0 Å². The minimum absolute atomic E-state index is 0.365. The molecule has 0 rings (SSSR count). The van der Waals surface area contributed by atoms with Crippen molar-refractivity contribution in [1.82, 2.24) is 0 Å². The standard InChI is InChI=1S/C39H82NO/c1-4-6-8-10-12-14-16-18-20-22-24-26-28-32-36-40(3,38-34-30-31-35-39-41)37-33-29-27-25-23-21-19-17-15-13-11-9-7-5-2/h41H,4-39H2,1-3H3/q+1. The maximum atomic E-state index is 9.11. The highest BCUT2D eigenvalue weighted by atomic mass is 16.2. The predicted molar refractivity (Wildman–Crippen MR) is 187 cm³/mol. The Kier molecular flexibility index (Phi) is 34.3. The molecule has 0 heterocycles. The van der Waals surface area contributed by atoms with Gasteiger partial charge >= 0.3 is 0 Å². The Morgan fingerprint density at radius 3 is 0.707 bits per heavy atom. The van der Waals surface area contributed by atoms with E-state index in [0.717, 1.165) is 6.42 Å². The van der Waals surface area contributed by atoms with Crippen LogP contribution in [-0.2, 0) is 0 Å². The van der Waals surface area contributed by atoms with E-state index < -0.39 is 0 Å². The summed E-state index contributed by atoms with van der Waals surface area (Å²) < 4.78 is 1.30. The lowest BCUT2D eigenvalue weighted by molar-refractivity contribution is -0.910. The van der Waals surface area contributed by atoms with Crippen LogP contribution in [0.4, 0.5) is 0 Å². The van der Waals surface area contributed by atoms with E-state index in [4.69, 9.17) is 5.11 Å². The molecule has 41 heavy (non-hydrogen) atoms. The Bertz CT molecular complexity index is 432. The number of rotatable bonds is 36. The van der Waals surface area contributed by atoms with Gasteiger partial charge in [-0.25, -0.2) is 0 Å². The van der Waals surface area contributed by atoms with Gasteiger partial charge in [0.15, 0.2) is 0 Å². The van der Waals surface area contributed by atoms with Crippen molar-refractivity contribution in [1.29, 1.82) is 0 Å². The lowest BCUT2D eigenvalue weighted by Gasteiger charge is -2.35. The van der Waals surface area contributed by atoms with Crippen LogP contribution in [0.25, 0.3) is 0 Å². The van der Waals surface area contributed by atoms with Crippen molar-refractivity contribution in [2.75, 3.05) is 33.3 Å². The molecule has 0 aliphatic carbocycles. The van der Waals surface area contributed by atoms with E-state index in [1.54, 1.807) is 0 Å². The average molecular weight is 581 g/mol. The minimum atomic E-state index is 0.365. The van der Waals surface area contributed by atoms with Crippen molar-refractivity contribution in [3.63, 3.8) is 0 Å². The molecule has 0 radical (unpaired) electrons. The molecule has 0 saturated carbocycles. The van der Waals surface area contributed by atoms with Crippen LogP contribution in [0.15, 0.2) is 0 Å². The summed E-state index contributed by atoms with van der Waals surface area (Å²) in [5.74, 6) is 0. The normalized spacial score (nSPS) is 12.0. The molecule has 0 amide bonds. The second kappa shape index (κ2) is 34.4. The molecule has 248 valence electrons. The Morgan fingerprint density at radius 2 is 0.488 bits per heavy atom. The van der Waals surface area contributed by atoms with Gasteiger partial charge in [0.1, 0.15) is 0 Å². The number of hydrogen-bond acceptors (Lipinski definition) is 1. The third kappa shape index (κ3) is 32.7. The number of aliphatic hydroxyl groups is 1. The molecule has 0 atom stereocenters. The minimum Gasteiger partial charge on any atom is -0.396 e. The molecule has 0 unspecified atom stereocenters. The number of unbranched alkanes of at least 4 members (excludes halogenated alkanes) is 29. The fourth-order valence-corrected chi connectivity index (χ4v) is 6.67. The van der Waals surface area contributed by atoms with Gasteiger partial charge in [-0.15, -0.1) is 0 Å². The molecule has 0 aromatic heterocycles. The van der Waals surface area contributed by atoms with Gasteiger partial charge in [0, 0.05) is 6.61 Å². The summed E-state index contributed by atoms with van der Waals surface area (Å²) in [4.78, 5) is 0. The SMILES string of the molecule is CCCCCCCCCCCCCCCC[N+](C)(CCCCCCO)CCCCCCCCCCCCCCCC. The molecule has 2 heteroatoms.